The minimum atomic E-state index is -1.14. The van der Waals surface area contributed by atoms with Gasteiger partial charge in [-0.15, -0.1) is 0 Å². The summed E-state index contributed by atoms with van der Waals surface area (Å²) in [6.45, 7) is 0. The number of amides is 1. The summed E-state index contributed by atoms with van der Waals surface area (Å²) >= 11 is 0. The second-order valence-electron chi connectivity index (χ2n) is 11.8. The normalized spacial score (nSPS) is 14.1. The summed E-state index contributed by atoms with van der Waals surface area (Å²) < 4.78 is 2.12. The van der Waals surface area contributed by atoms with Crippen molar-refractivity contribution in [3.8, 4) is 39.1 Å². The Morgan fingerprint density at radius 1 is 0.542 bits per heavy atom. The molecule has 8 heteroatoms. The predicted molar refractivity (Wildman–Crippen MR) is 186 cm³/mol. The van der Waals surface area contributed by atoms with E-state index in [9.17, 15) is 9.90 Å². The van der Waals surface area contributed by atoms with Crippen LogP contribution in [-0.4, -0.2) is 35.5 Å². The van der Waals surface area contributed by atoms with Crippen molar-refractivity contribution in [2.75, 3.05) is 4.90 Å². The fourth-order valence-corrected chi connectivity index (χ4v) is 6.83. The molecule has 1 aliphatic heterocycles. The highest BCUT2D eigenvalue weighted by Gasteiger charge is 2.39. The first-order chi connectivity index (χ1) is 23.7. The first-order valence-electron chi connectivity index (χ1n) is 15.5. The van der Waals surface area contributed by atoms with Gasteiger partial charge in [-0.1, -0.05) is 66.7 Å². The summed E-state index contributed by atoms with van der Waals surface area (Å²) in [6, 6.07) is 35.9. The quantitative estimate of drug-likeness (QED) is 0.209. The third kappa shape index (κ3) is 4.39. The second-order valence-corrected chi connectivity index (χ2v) is 11.8. The maximum atomic E-state index is 14.4. The van der Waals surface area contributed by atoms with Crippen LogP contribution in [0.15, 0.2) is 147 Å². The zero-order valence-corrected chi connectivity index (χ0v) is 25.5. The molecule has 1 atom stereocenters. The molecule has 0 spiro atoms. The van der Waals surface area contributed by atoms with Gasteiger partial charge in [-0.05, 0) is 64.7 Å². The lowest BCUT2D eigenvalue weighted by Gasteiger charge is -2.21. The van der Waals surface area contributed by atoms with Crippen molar-refractivity contribution in [1.29, 1.82) is 0 Å². The number of fused-ring (bicyclic) bond motifs is 4. The molecule has 0 fully saturated rings. The maximum absolute atomic E-state index is 14.4. The van der Waals surface area contributed by atoms with Crippen LogP contribution in [0.2, 0.25) is 0 Å². The Bertz CT molecular complexity index is 2400. The number of nitrogens with zero attached hydrogens (tertiary/aromatic N) is 6. The van der Waals surface area contributed by atoms with E-state index in [4.69, 9.17) is 0 Å². The summed E-state index contributed by atoms with van der Waals surface area (Å²) in [7, 11) is 0. The van der Waals surface area contributed by atoms with Gasteiger partial charge >= 0.3 is 0 Å². The Morgan fingerprint density at radius 3 is 1.73 bits per heavy atom. The van der Waals surface area contributed by atoms with Crippen molar-refractivity contribution in [3.63, 3.8) is 0 Å². The van der Waals surface area contributed by atoms with E-state index in [-0.39, 0.29) is 5.91 Å². The number of aromatic nitrogens is 5. The first kappa shape index (κ1) is 27.8. The number of anilines is 1. The average molecular weight is 623 g/mol. The Balaban J connectivity index is 1.24. The van der Waals surface area contributed by atoms with Gasteiger partial charge in [-0.25, -0.2) is 19.9 Å². The molecule has 3 aromatic heterocycles. The van der Waals surface area contributed by atoms with Crippen molar-refractivity contribution in [1.82, 2.24) is 24.5 Å². The van der Waals surface area contributed by atoms with Crippen LogP contribution in [0, 0.1) is 0 Å². The van der Waals surface area contributed by atoms with Crippen LogP contribution in [0.5, 0.6) is 0 Å². The van der Waals surface area contributed by atoms with Crippen molar-refractivity contribution in [2.45, 2.75) is 6.23 Å². The first-order valence-corrected chi connectivity index (χ1v) is 15.5. The van der Waals surface area contributed by atoms with Gasteiger partial charge in [0.15, 0.2) is 6.23 Å². The third-order valence-electron chi connectivity index (χ3n) is 9.06. The molecule has 228 valence electrons. The zero-order valence-electron chi connectivity index (χ0n) is 25.5. The van der Waals surface area contributed by atoms with E-state index in [1.165, 1.54) is 17.6 Å². The van der Waals surface area contributed by atoms with Gasteiger partial charge in [0, 0.05) is 57.9 Å². The molecule has 8 nitrogen and oxygen atoms in total. The standard InChI is InChI=1S/C40H26N6O2/c47-39-32-10-5-11-37(38(32)40(48)45(39)31-9-4-8-26(16-31)25-6-2-1-3-7-25)46-35-14-12-27(29-19-41-23-42-20-29)17-33(35)34-18-28(13-15-36(34)46)30-21-43-24-44-22-30/h1-24,39,47H. The Morgan fingerprint density at radius 2 is 1.10 bits per heavy atom. The molecular weight excluding hydrogens is 596 g/mol. The number of aliphatic hydroxyl groups excluding tert-OH is 1. The van der Waals surface area contributed by atoms with Gasteiger partial charge in [0.05, 0.1) is 22.3 Å². The van der Waals surface area contributed by atoms with Crippen LogP contribution < -0.4 is 4.90 Å². The molecule has 0 radical (unpaired) electrons. The number of hydrogen-bond acceptors (Lipinski definition) is 6. The maximum Gasteiger partial charge on any atom is 0.263 e. The van der Waals surface area contributed by atoms with Crippen LogP contribution in [0.3, 0.4) is 0 Å². The predicted octanol–water partition coefficient (Wildman–Crippen LogP) is 8.02. The van der Waals surface area contributed by atoms with Crippen LogP contribution in [0.25, 0.3) is 60.9 Å². The highest BCUT2D eigenvalue weighted by molar-refractivity contribution is 6.16. The van der Waals surface area contributed by atoms with Crippen LogP contribution in [0.4, 0.5) is 5.69 Å². The van der Waals surface area contributed by atoms with Crippen LogP contribution >= 0.6 is 0 Å². The number of rotatable bonds is 5. The SMILES string of the molecule is O=C1c2c(cccc2-n2c3ccc(-c4cncnc4)cc3c3cc(-c4cncnc4)ccc32)C(O)N1c1cccc(-c2ccccc2)c1. The molecule has 0 saturated heterocycles. The highest BCUT2D eigenvalue weighted by Crippen LogP contribution is 2.43. The molecule has 9 rings (SSSR count). The molecule has 5 aromatic carbocycles. The van der Waals surface area contributed by atoms with E-state index in [0.717, 1.165) is 55.2 Å². The fourth-order valence-electron chi connectivity index (χ4n) is 6.83. The molecule has 0 saturated carbocycles. The van der Waals surface area contributed by atoms with Gasteiger partial charge in [-0.3, -0.25) is 9.69 Å². The van der Waals surface area contributed by atoms with Crippen LogP contribution in [-0.2, 0) is 0 Å². The average Bonchev–Trinajstić information content (AvgIpc) is 3.62. The molecule has 0 aliphatic carbocycles. The molecule has 1 N–H and O–H groups in total. The molecule has 0 bridgehead atoms. The minimum absolute atomic E-state index is 0.260. The zero-order chi connectivity index (χ0) is 32.2. The van der Waals surface area contributed by atoms with E-state index < -0.39 is 6.23 Å². The van der Waals surface area contributed by atoms with Gasteiger partial charge in [0.25, 0.3) is 5.91 Å². The number of hydrogen-bond donors (Lipinski definition) is 1. The lowest BCUT2D eigenvalue weighted by molar-refractivity contribution is 0.0935. The minimum Gasteiger partial charge on any atom is -0.369 e. The molecule has 4 heterocycles. The highest BCUT2D eigenvalue weighted by atomic mass is 16.3. The Labute approximate surface area is 275 Å². The number of carbonyl (C=O) groups excluding carboxylic acids is 1. The smallest absolute Gasteiger partial charge is 0.263 e. The molecular formula is C40H26N6O2. The van der Waals surface area contributed by atoms with E-state index in [0.29, 0.717) is 22.5 Å². The van der Waals surface area contributed by atoms with Crippen LogP contribution in [0.1, 0.15) is 22.1 Å². The molecule has 1 aliphatic rings. The molecule has 1 unspecified atom stereocenters. The number of carbonyl (C=O) groups is 1. The second kappa shape index (κ2) is 11.1. The lowest BCUT2D eigenvalue weighted by atomic mass is 10.0. The van der Waals surface area contributed by atoms with Crippen molar-refractivity contribution >= 4 is 33.4 Å². The topological polar surface area (TPSA) is 97.0 Å². The van der Waals surface area contributed by atoms with Gasteiger partial charge in [0.2, 0.25) is 0 Å². The number of benzene rings is 5. The Kier molecular flexibility index (Phi) is 6.41. The summed E-state index contributed by atoms with van der Waals surface area (Å²) in [5.41, 5.74) is 9.96. The molecule has 8 aromatic rings. The van der Waals surface area contributed by atoms with Crippen molar-refractivity contribution < 1.29 is 9.90 Å². The summed E-state index contributed by atoms with van der Waals surface area (Å²) in [5, 5.41) is 13.7. The summed E-state index contributed by atoms with van der Waals surface area (Å²) in [4.78, 5) is 32.8. The molecule has 48 heavy (non-hydrogen) atoms. The molecule has 1 amide bonds. The fraction of sp³-hybridized carbons (Fsp3) is 0.0250. The summed E-state index contributed by atoms with van der Waals surface area (Å²) in [6.07, 6.45) is 9.09. The largest absolute Gasteiger partial charge is 0.369 e. The monoisotopic (exact) mass is 622 g/mol. The van der Waals surface area contributed by atoms with E-state index in [1.807, 2.05) is 84.9 Å². The van der Waals surface area contributed by atoms with E-state index in [1.54, 1.807) is 24.8 Å². The number of aliphatic hydroxyl groups is 1. The van der Waals surface area contributed by atoms with E-state index >= 15 is 0 Å². The lowest BCUT2D eigenvalue weighted by Crippen LogP contribution is -2.27. The third-order valence-corrected chi connectivity index (χ3v) is 9.06. The van der Waals surface area contributed by atoms with Crippen molar-refractivity contribution in [2.24, 2.45) is 0 Å². The van der Waals surface area contributed by atoms with Gasteiger partial charge in [0.1, 0.15) is 12.7 Å². The summed E-state index contributed by atoms with van der Waals surface area (Å²) in [5.74, 6) is -0.260. The van der Waals surface area contributed by atoms with Gasteiger partial charge in [-0.2, -0.15) is 0 Å². The van der Waals surface area contributed by atoms with Crippen molar-refractivity contribution in [3.05, 3.63) is 158 Å². The Hall–Kier alpha value is -6.51. The van der Waals surface area contributed by atoms with Gasteiger partial charge < -0.3 is 9.67 Å². The van der Waals surface area contributed by atoms with E-state index in [2.05, 4.69) is 48.8 Å².